The van der Waals surface area contributed by atoms with Crippen molar-refractivity contribution in [1.29, 1.82) is 0 Å². The molecule has 0 amide bonds. The third-order valence-electron chi connectivity index (χ3n) is 1.13. The highest BCUT2D eigenvalue weighted by Gasteiger charge is 2.22. The van der Waals surface area contributed by atoms with E-state index in [1.807, 2.05) is 45.2 Å². The van der Waals surface area contributed by atoms with E-state index in [9.17, 15) is 4.79 Å². The van der Waals surface area contributed by atoms with Crippen molar-refractivity contribution in [3.05, 3.63) is 0 Å². The summed E-state index contributed by atoms with van der Waals surface area (Å²) in [4.78, 5) is 10.3. The molecule has 3 unspecified atom stereocenters. The van der Waals surface area contributed by atoms with Crippen molar-refractivity contribution in [2.45, 2.75) is 20.4 Å². The second-order valence-corrected chi connectivity index (χ2v) is 5.33. The topological polar surface area (TPSA) is 89.3 Å². The van der Waals surface area contributed by atoms with Crippen LogP contribution >= 0.6 is 45.2 Å². The van der Waals surface area contributed by atoms with Gasteiger partial charge < -0.3 is 16.6 Å². The lowest BCUT2D eigenvalue weighted by Crippen LogP contribution is -2.40. The number of carboxylic acids is 1. The Balaban J connectivity index is 3.82. The van der Waals surface area contributed by atoms with Crippen molar-refractivity contribution < 1.29 is 9.90 Å². The molecule has 0 rings (SSSR count). The number of rotatable bonds is 4. The summed E-state index contributed by atoms with van der Waals surface area (Å²) in [6.45, 7) is 0. The van der Waals surface area contributed by atoms with Crippen LogP contribution in [0.3, 0.4) is 0 Å². The van der Waals surface area contributed by atoms with E-state index in [1.54, 1.807) is 0 Å². The monoisotopic (exact) mass is 384 g/mol. The standard InChI is InChI=1S/C5H10I2N2O2/c6-2(1-3(7)8)4(9)5(10)11/h2-4H,1,8-9H2,(H,10,11). The summed E-state index contributed by atoms with van der Waals surface area (Å²) in [5.41, 5.74) is 10.8. The van der Waals surface area contributed by atoms with Crippen molar-refractivity contribution in [1.82, 2.24) is 0 Å². The molecule has 5 N–H and O–H groups in total. The van der Waals surface area contributed by atoms with Crippen LogP contribution in [0.1, 0.15) is 6.42 Å². The van der Waals surface area contributed by atoms with E-state index in [1.165, 1.54) is 0 Å². The highest BCUT2D eigenvalue weighted by Crippen LogP contribution is 2.14. The number of aliphatic carboxylic acids is 1. The lowest BCUT2D eigenvalue weighted by molar-refractivity contribution is -0.138. The zero-order chi connectivity index (χ0) is 9.02. The Morgan fingerprint density at radius 2 is 1.91 bits per heavy atom. The molecule has 3 atom stereocenters. The predicted molar refractivity (Wildman–Crippen MR) is 60.0 cm³/mol. The molecule has 66 valence electrons. The Morgan fingerprint density at radius 1 is 1.45 bits per heavy atom. The molecule has 0 spiro atoms. The summed E-state index contributed by atoms with van der Waals surface area (Å²) in [5.74, 6) is -0.971. The van der Waals surface area contributed by atoms with Gasteiger partial charge in [-0.3, -0.25) is 4.79 Å². The van der Waals surface area contributed by atoms with Gasteiger partial charge in [0.2, 0.25) is 0 Å². The SMILES string of the molecule is NC(I)CC(I)C(N)C(=O)O. The van der Waals surface area contributed by atoms with Crippen LogP contribution in [0.15, 0.2) is 0 Å². The van der Waals surface area contributed by atoms with Gasteiger partial charge in [-0.05, 0) is 6.42 Å². The van der Waals surface area contributed by atoms with Crippen molar-refractivity contribution in [2.24, 2.45) is 11.5 Å². The van der Waals surface area contributed by atoms with Crippen LogP contribution in [0.2, 0.25) is 0 Å². The van der Waals surface area contributed by atoms with E-state index in [-0.39, 0.29) is 7.97 Å². The van der Waals surface area contributed by atoms with Gasteiger partial charge in [0.15, 0.2) is 0 Å². The van der Waals surface area contributed by atoms with E-state index >= 15 is 0 Å². The average Bonchev–Trinajstić information content (AvgIpc) is 1.84. The number of alkyl halides is 2. The smallest absolute Gasteiger partial charge is 0.321 e. The molecule has 0 saturated heterocycles. The molecule has 0 aromatic rings. The van der Waals surface area contributed by atoms with Gasteiger partial charge in [-0.2, -0.15) is 0 Å². The van der Waals surface area contributed by atoms with Crippen molar-refractivity contribution >= 4 is 51.2 Å². The van der Waals surface area contributed by atoms with Crippen LogP contribution < -0.4 is 11.5 Å². The quantitative estimate of drug-likeness (QED) is 0.370. The summed E-state index contributed by atoms with van der Waals surface area (Å²) in [6.07, 6.45) is 0.620. The number of nitrogens with two attached hydrogens (primary N) is 2. The van der Waals surface area contributed by atoms with E-state index in [0.29, 0.717) is 6.42 Å². The van der Waals surface area contributed by atoms with Gasteiger partial charge in [-0.1, -0.05) is 45.2 Å². The molecular formula is C5H10I2N2O2. The molecular weight excluding hydrogens is 374 g/mol. The van der Waals surface area contributed by atoms with Gasteiger partial charge in [-0.15, -0.1) is 0 Å². The first-order valence-corrected chi connectivity index (χ1v) is 5.46. The third kappa shape index (κ3) is 5.15. The van der Waals surface area contributed by atoms with Crippen molar-refractivity contribution in [3.8, 4) is 0 Å². The van der Waals surface area contributed by atoms with Gasteiger partial charge in [0.25, 0.3) is 0 Å². The molecule has 0 aromatic carbocycles. The maximum Gasteiger partial charge on any atom is 0.321 e. The first-order chi connectivity index (χ1) is 4.95. The van der Waals surface area contributed by atoms with E-state index in [0.717, 1.165) is 0 Å². The molecule has 0 aromatic heterocycles. The summed E-state index contributed by atoms with van der Waals surface area (Å²) >= 11 is 4.05. The normalized spacial score (nSPS) is 18.9. The molecule has 0 aliphatic rings. The Labute approximate surface area is 92.4 Å². The Kier molecular flexibility index (Phi) is 5.91. The molecule has 4 nitrogen and oxygen atoms in total. The van der Waals surface area contributed by atoms with Gasteiger partial charge >= 0.3 is 5.97 Å². The van der Waals surface area contributed by atoms with Crippen LogP contribution in [-0.2, 0) is 4.79 Å². The highest BCUT2D eigenvalue weighted by molar-refractivity contribution is 14.1. The minimum absolute atomic E-state index is 0.0279. The molecule has 0 heterocycles. The second-order valence-electron chi connectivity index (χ2n) is 2.13. The van der Waals surface area contributed by atoms with Gasteiger partial charge in [0.05, 0.1) is 4.05 Å². The summed E-state index contributed by atoms with van der Waals surface area (Å²) in [5, 5.41) is 8.49. The maximum absolute atomic E-state index is 10.3. The minimum atomic E-state index is -0.971. The molecule has 11 heavy (non-hydrogen) atoms. The lowest BCUT2D eigenvalue weighted by Gasteiger charge is -2.14. The Bertz CT molecular complexity index is 142. The Morgan fingerprint density at radius 3 is 2.18 bits per heavy atom. The molecule has 0 saturated carbocycles. The van der Waals surface area contributed by atoms with Crippen LogP contribution in [-0.4, -0.2) is 25.1 Å². The fourth-order valence-corrected chi connectivity index (χ4v) is 2.89. The minimum Gasteiger partial charge on any atom is -0.480 e. The van der Waals surface area contributed by atoms with E-state index < -0.39 is 12.0 Å². The van der Waals surface area contributed by atoms with Crippen LogP contribution in [0.4, 0.5) is 0 Å². The van der Waals surface area contributed by atoms with Crippen molar-refractivity contribution in [2.75, 3.05) is 0 Å². The summed E-state index contributed by atoms with van der Waals surface area (Å²) in [6, 6.07) is -0.809. The fourth-order valence-electron chi connectivity index (χ4n) is 0.516. The molecule has 0 aliphatic heterocycles. The van der Waals surface area contributed by atoms with E-state index in [4.69, 9.17) is 16.6 Å². The number of carboxylic acid groups (broad SMARTS) is 1. The van der Waals surface area contributed by atoms with Gasteiger partial charge in [-0.25, -0.2) is 0 Å². The summed E-state index contributed by atoms with van der Waals surface area (Å²) in [7, 11) is 0. The van der Waals surface area contributed by atoms with Crippen molar-refractivity contribution in [3.63, 3.8) is 0 Å². The largest absolute Gasteiger partial charge is 0.480 e. The first-order valence-electron chi connectivity index (χ1n) is 2.97. The highest BCUT2D eigenvalue weighted by atomic mass is 127. The number of halogens is 2. The lowest BCUT2D eigenvalue weighted by atomic mass is 10.2. The molecule has 0 aliphatic carbocycles. The predicted octanol–water partition coefficient (Wildman–Crippen LogP) is 0.312. The van der Waals surface area contributed by atoms with Crippen LogP contribution in [0.25, 0.3) is 0 Å². The number of carbonyl (C=O) groups is 1. The van der Waals surface area contributed by atoms with Gasteiger partial charge in [0, 0.05) is 3.92 Å². The summed E-state index contributed by atoms with van der Waals surface area (Å²) < 4.78 is -0.128. The number of hydrogen-bond acceptors (Lipinski definition) is 3. The molecule has 6 heteroatoms. The average molecular weight is 384 g/mol. The third-order valence-corrected chi connectivity index (χ3v) is 2.92. The molecule has 0 radical (unpaired) electrons. The number of hydrogen-bond donors (Lipinski definition) is 3. The maximum atomic E-state index is 10.3. The zero-order valence-electron chi connectivity index (χ0n) is 5.71. The van der Waals surface area contributed by atoms with Crippen LogP contribution in [0, 0.1) is 0 Å². The Hall–Kier alpha value is 0.850. The second kappa shape index (κ2) is 5.49. The molecule has 0 bridgehead atoms. The first kappa shape index (κ1) is 11.8. The van der Waals surface area contributed by atoms with E-state index in [2.05, 4.69) is 0 Å². The fraction of sp³-hybridized carbons (Fsp3) is 0.800. The van der Waals surface area contributed by atoms with Gasteiger partial charge in [0.1, 0.15) is 6.04 Å². The zero-order valence-corrected chi connectivity index (χ0v) is 10.0. The van der Waals surface area contributed by atoms with Crippen LogP contribution in [0.5, 0.6) is 0 Å². The molecule has 0 fully saturated rings.